The molecule has 0 saturated heterocycles. The Labute approximate surface area is 127 Å². The number of aromatic nitrogens is 3. The first-order chi connectivity index (χ1) is 9.84. The number of ether oxygens (including phenoxy) is 1. The molecule has 9 heteroatoms. The molecule has 0 unspecified atom stereocenters. The number of hydrogen-bond acceptors (Lipinski definition) is 5. The number of esters is 1. The molecular formula is C12H7Cl2F2N3O2. The normalized spacial score (nSPS) is 11.3. The number of pyridine rings is 1. The highest BCUT2D eigenvalue weighted by Gasteiger charge is 2.37. The lowest BCUT2D eigenvalue weighted by Gasteiger charge is -2.16. The van der Waals surface area contributed by atoms with Crippen LogP contribution in [0.15, 0.2) is 24.5 Å². The number of carbonyl (C=O) groups excluding carboxylic acids is 1. The molecule has 21 heavy (non-hydrogen) atoms. The zero-order valence-electron chi connectivity index (χ0n) is 10.5. The van der Waals surface area contributed by atoms with Gasteiger partial charge in [-0.05, 0) is 12.1 Å². The van der Waals surface area contributed by atoms with Crippen molar-refractivity contribution < 1.29 is 18.3 Å². The van der Waals surface area contributed by atoms with E-state index in [1.165, 1.54) is 0 Å². The van der Waals surface area contributed by atoms with Crippen LogP contribution in [-0.2, 0) is 10.7 Å². The summed E-state index contributed by atoms with van der Waals surface area (Å²) in [5, 5.41) is -0.340. The molecule has 0 aromatic carbocycles. The molecule has 0 radical (unpaired) electrons. The van der Waals surface area contributed by atoms with Crippen LogP contribution < -0.4 is 0 Å². The van der Waals surface area contributed by atoms with Gasteiger partial charge < -0.3 is 4.74 Å². The molecule has 5 nitrogen and oxygen atoms in total. The number of halogens is 4. The Bertz CT molecular complexity index is 660. The highest BCUT2D eigenvalue weighted by atomic mass is 35.5. The molecule has 0 atom stereocenters. The Hall–Kier alpha value is -1.86. The summed E-state index contributed by atoms with van der Waals surface area (Å²) in [5.41, 5.74) is -1.32. The topological polar surface area (TPSA) is 65.0 Å². The molecule has 0 aliphatic heterocycles. The quantitative estimate of drug-likeness (QED) is 0.637. The third-order valence-electron chi connectivity index (χ3n) is 2.49. The number of hydrogen-bond donors (Lipinski definition) is 0. The Morgan fingerprint density at radius 1 is 1.19 bits per heavy atom. The first-order valence-electron chi connectivity index (χ1n) is 5.47. The van der Waals surface area contributed by atoms with Gasteiger partial charge in [0, 0.05) is 5.56 Å². The average molecular weight is 334 g/mol. The van der Waals surface area contributed by atoms with Gasteiger partial charge in [-0.25, -0.2) is 14.8 Å². The SMILES string of the molecule is COC(=O)c1cnc(C(F)(F)c2cc(Cl)nc(Cl)c2)cn1. The molecule has 2 aromatic rings. The van der Waals surface area contributed by atoms with Gasteiger partial charge in [-0.2, -0.15) is 8.78 Å². The van der Waals surface area contributed by atoms with Gasteiger partial charge in [0.25, 0.3) is 0 Å². The maximum Gasteiger partial charge on any atom is 0.358 e. The highest BCUT2D eigenvalue weighted by molar-refractivity contribution is 6.32. The van der Waals surface area contributed by atoms with Crippen LogP contribution in [0, 0.1) is 0 Å². The lowest BCUT2D eigenvalue weighted by Crippen LogP contribution is -2.19. The summed E-state index contributed by atoms with van der Waals surface area (Å²) in [6.07, 6.45) is 1.69. The van der Waals surface area contributed by atoms with E-state index in [1.54, 1.807) is 0 Å². The average Bonchev–Trinajstić information content (AvgIpc) is 2.45. The van der Waals surface area contributed by atoms with Gasteiger partial charge in [0.05, 0.1) is 19.5 Å². The molecule has 0 bridgehead atoms. The summed E-state index contributed by atoms with van der Waals surface area (Å²) in [4.78, 5) is 21.9. The molecule has 2 rings (SSSR count). The predicted octanol–water partition coefficient (Wildman–Crippen LogP) is 3.11. The molecule has 0 saturated carbocycles. The van der Waals surface area contributed by atoms with Crippen molar-refractivity contribution in [3.63, 3.8) is 0 Å². The van der Waals surface area contributed by atoms with Crippen molar-refractivity contribution in [3.05, 3.63) is 51.8 Å². The third kappa shape index (κ3) is 3.25. The van der Waals surface area contributed by atoms with Crippen molar-refractivity contribution in [2.45, 2.75) is 5.92 Å². The molecule has 2 aromatic heterocycles. The Morgan fingerprint density at radius 2 is 1.81 bits per heavy atom. The third-order valence-corrected chi connectivity index (χ3v) is 2.88. The number of rotatable bonds is 3. The smallest absolute Gasteiger partial charge is 0.358 e. The van der Waals surface area contributed by atoms with E-state index < -0.39 is 23.1 Å². The van der Waals surface area contributed by atoms with Gasteiger partial charge in [-0.1, -0.05) is 23.2 Å². The molecule has 0 amide bonds. The number of carbonyl (C=O) groups is 1. The molecule has 2 heterocycles. The second-order valence-corrected chi connectivity index (χ2v) is 4.63. The van der Waals surface area contributed by atoms with E-state index in [4.69, 9.17) is 23.2 Å². The van der Waals surface area contributed by atoms with Crippen LogP contribution >= 0.6 is 23.2 Å². The number of methoxy groups -OCH3 is 1. The fourth-order valence-electron chi connectivity index (χ4n) is 1.49. The second kappa shape index (κ2) is 5.87. The Balaban J connectivity index is 2.41. The van der Waals surface area contributed by atoms with Crippen molar-refractivity contribution in [1.29, 1.82) is 0 Å². The summed E-state index contributed by atoms with van der Waals surface area (Å²) in [6.45, 7) is 0. The van der Waals surface area contributed by atoms with Crippen molar-refractivity contribution in [2.75, 3.05) is 7.11 Å². The standard InChI is InChI=1S/C12H7Cl2F2N3O2/c1-21-11(20)7-4-18-8(5-17-7)12(15,16)6-2-9(13)19-10(14)3-6/h2-5H,1H3. The second-order valence-electron chi connectivity index (χ2n) is 3.85. The van der Waals surface area contributed by atoms with Crippen LogP contribution in [0.5, 0.6) is 0 Å². The summed E-state index contributed by atoms with van der Waals surface area (Å²) in [6, 6.07) is 1.95. The van der Waals surface area contributed by atoms with Crippen molar-refractivity contribution >= 4 is 29.2 Å². The molecule has 0 aliphatic rings. The van der Waals surface area contributed by atoms with E-state index in [1.807, 2.05) is 0 Å². The van der Waals surface area contributed by atoms with Crippen LogP contribution in [0.2, 0.25) is 10.3 Å². The summed E-state index contributed by atoms with van der Waals surface area (Å²) in [7, 11) is 1.15. The fourth-order valence-corrected chi connectivity index (χ4v) is 1.95. The van der Waals surface area contributed by atoms with E-state index in [0.29, 0.717) is 0 Å². The van der Waals surface area contributed by atoms with Crippen LogP contribution in [0.1, 0.15) is 21.7 Å². The Kier molecular flexibility index (Phi) is 4.34. The van der Waals surface area contributed by atoms with Crippen LogP contribution in [0.25, 0.3) is 0 Å². The van der Waals surface area contributed by atoms with Gasteiger partial charge in [-0.3, -0.25) is 4.98 Å². The van der Waals surface area contributed by atoms with E-state index in [9.17, 15) is 13.6 Å². The highest BCUT2D eigenvalue weighted by Crippen LogP contribution is 2.35. The van der Waals surface area contributed by atoms with E-state index in [-0.39, 0.29) is 16.0 Å². The van der Waals surface area contributed by atoms with E-state index in [0.717, 1.165) is 31.6 Å². The van der Waals surface area contributed by atoms with Crippen LogP contribution in [0.4, 0.5) is 8.78 Å². The lowest BCUT2D eigenvalue weighted by molar-refractivity contribution is 0.0371. The molecule has 0 N–H and O–H groups in total. The minimum Gasteiger partial charge on any atom is -0.464 e. The van der Waals surface area contributed by atoms with Gasteiger partial charge >= 0.3 is 11.9 Å². The minimum atomic E-state index is -3.49. The lowest BCUT2D eigenvalue weighted by atomic mass is 10.1. The number of alkyl halides is 2. The summed E-state index contributed by atoms with van der Waals surface area (Å²) >= 11 is 11.2. The fraction of sp³-hybridized carbons (Fsp3) is 0.167. The Morgan fingerprint density at radius 3 is 2.29 bits per heavy atom. The van der Waals surface area contributed by atoms with Crippen molar-refractivity contribution in [1.82, 2.24) is 15.0 Å². The van der Waals surface area contributed by atoms with Gasteiger partial charge in [0.15, 0.2) is 5.69 Å². The molecule has 0 aliphatic carbocycles. The van der Waals surface area contributed by atoms with Crippen LogP contribution in [0.3, 0.4) is 0 Å². The zero-order chi connectivity index (χ0) is 15.6. The summed E-state index contributed by atoms with van der Waals surface area (Å²) in [5.74, 6) is -4.26. The maximum atomic E-state index is 14.3. The van der Waals surface area contributed by atoms with Gasteiger partial charge in [0.2, 0.25) is 0 Å². The maximum absolute atomic E-state index is 14.3. The van der Waals surface area contributed by atoms with E-state index in [2.05, 4.69) is 19.7 Å². The summed E-state index contributed by atoms with van der Waals surface area (Å²) < 4.78 is 33.0. The number of nitrogens with zero attached hydrogens (tertiary/aromatic N) is 3. The predicted molar refractivity (Wildman–Crippen MR) is 70.6 cm³/mol. The first-order valence-corrected chi connectivity index (χ1v) is 6.22. The monoisotopic (exact) mass is 333 g/mol. The van der Waals surface area contributed by atoms with Gasteiger partial charge in [0.1, 0.15) is 16.0 Å². The molecular weight excluding hydrogens is 327 g/mol. The molecule has 110 valence electrons. The van der Waals surface area contributed by atoms with Crippen LogP contribution in [-0.4, -0.2) is 28.0 Å². The minimum absolute atomic E-state index is 0.170. The molecule has 0 fully saturated rings. The largest absolute Gasteiger partial charge is 0.464 e. The zero-order valence-corrected chi connectivity index (χ0v) is 12.0. The molecule has 0 spiro atoms. The van der Waals surface area contributed by atoms with Gasteiger partial charge in [-0.15, -0.1) is 0 Å². The van der Waals surface area contributed by atoms with Crippen molar-refractivity contribution in [2.24, 2.45) is 0 Å². The van der Waals surface area contributed by atoms with Crippen molar-refractivity contribution in [3.8, 4) is 0 Å². The van der Waals surface area contributed by atoms with E-state index >= 15 is 0 Å². The first kappa shape index (κ1) is 15.5.